The van der Waals surface area contributed by atoms with Crippen molar-refractivity contribution in [1.82, 2.24) is 4.98 Å². The lowest BCUT2D eigenvalue weighted by atomic mass is 10.0. The van der Waals surface area contributed by atoms with E-state index in [1.165, 1.54) is 12.3 Å². The van der Waals surface area contributed by atoms with Gasteiger partial charge < -0.3 is 4.74 Å². The van der Waals surface area contributed by atoms with Crippen molar-refractivity contribution in [2.75, 3.05) is 6.61 Å². The van der Waals surface area contributed by atoms with Crippen molar-refractivity contribution in [1.29, 1.82) is 5.26 Å². The molecule has 1 aliphatic carbocycles. The van der Waals surface area contributed by atoms with Crippen LogP contribution >= 0.6 is 0 Å². The first kappa shape index (κ1) is 11.6. The Morgan fingerprint density at radius 2 is 2.41 bits per heavy atom. The van der Waals surface area contributed by atoms with Gasteiger partial charge in [0.25, 0.3) is 0 Å². The summed E-state index contributed by atoms with van der Waals surface area (Å²) >= 11 is 0. The molecular formula is C13H13FN2O. The Morgan fingerprint density at radius 1 is 1.71 bits per heavy atom. The highest BCUT2D eigenvalue weighted by molar-refractivity contribution is 5.59. The zero-order valence-corrected chi connectivity index (χ0v) is 9.66. The van der Waals surface area contributed by atoms with Crippen LogP contribution in [0.3, 0.4) is 0 Å². The summed E-state index contributed by atoms with van der Waals surface area (Å²) < 4.78 is 19.4. The molecule has 1 aliphatic rings. The van der Waals surface area contributed by atoms with Crippen molar-refractivity contribution >= 4 is 5.76 Å². The van der Waals surface area contributed by atoms with Gasteiger partial charge in [0.1, 0.15) is 11.2 Å². The Balaban J connectivity index is 2.41. The van der Waals surface area contributed by atoms with Crippen LogP contribution in [0, 0.1) is 17.1 Å². The molecule has 0 saturated heterocycles. The van der Waals surface area contributed by atoms with E-state index in [9.17, 15) is 4.39 Å². The first-order valence-corrected chi connectivity index (χ1v) is 5.53. The van der Waals surface area contributed by atoms with Crippen LogP contribution in [0.1, 0.15) is 31.0 Å². The molecule has 88 valence electrons. The van der Waals surface area contributed by atoms with Crippen molar-refractivity contribution in [2.45, 2.75) is 25.2 Å². The fourth-order valence-corrected chi connectivity index (χ4v) is 1.77. The van der Waals surface area contributed by atoms with Gasteiger partial charge in [0, 0.05) is 6.20 Å². The van der Waals surface area contributed by atoms with E-state index in [4.69, 9.17) is 10.00 Å². The molecule has 0 amide bonds. The number of rotatable bonds is 4. The first-order valence-electron chi connectivity index (χ1n) is 5.53. The van der Waals surface area contributed by atoms with E-state index in [1.54, 1.807) is 0 Å². The third-order valence-electron chi connectivity index (χ3n) is 2.93. The second kappa shape index (κ2) is 4.17. The normalized spacial score (nSPS) is 16.1. The standard InChI is InChI=1S/C13H13FN2O/c1-3-17-9(2)10-4-7-16-12(11(10)14)13(8-15)5-6-13/h4,7H,2-3,5-6H2,1H3. The summed E-state index contributed by atoms with van der Waals surface area (Å²) in [6.45, 7) is 5.91. The minimum absolute atomic E-state index is 0.221. The summed E-state index contributed by atoms with van der Waals surface area (Å²) in [4.78, 5) is 3.99. The first-order chi connectivity index (χ1) is 8.14. The summed E-state index contributed by atoms with van der Waals surface area (Å²) in [6.07, 6.45) is 2.82. The quantitative estimate of drug-likeness (QED) is 0.750. The van der Waals surface area contributed by atoms with Crippen LogP contribution in [-0.4, -0.2) is 11.6 Å². The molecule has 0 aliphatic heterocycles. The van der Waals surface area contributed by atoms with Gasteiger partial charge in [-0.05, 0) is 25.8 Å². The van der Waals surface area contributed by atoms with Crippen molar-refractivity contribution in [3.63, 3.8) is 0 Å². The molecule has 1 aromatic heterocycles. The Morgan fingerprint density at radius 3 is 2.94 bits per heavy atom. The van der Waals surface area contributed by atoms with E-state index in [-0.39, 0.29) is 11.5 Å². The van der Waals surface area contributed by atoms with Crippen molar-refractivity contribution in [3.05, 3.63) is 35.9 Å². The molecule has 0 atom stereocenters. The number of hydrogen-bond acceptors (Lipinski definition) is 3. The van der Waals surface area contributed by atoms with Crippen LogP contribution in [0.25, 0.3) is 5.76 Å². The van der Waals surface area contributed by atoms with Gasteiger partial charge in [-0.25, -0.2) is 4.39 Å². The van der Waals surface area contributed by atoms with Crippen LogP contribution in [0.5, 0.6) is 0 Å². The molecule has 0 bridgehead atoms. The molecule has 3 nitrogen and oxygen atoms in total. The highest BCUT2D eigenvalue weighted by Crippen LogP contribution is 2.48. The number of halogens is 1. The topological polar surface area (TPSA) is 45.9 Å². The number of aromatic nitrogens is 1. The largest absolute Gasteiger partial charge is 0.494 e. The van der Waals surface area contributed by atoms with Crippen LogP contribution in [0.15, 0.2) is 18.8 Å². The van der Waals surface area contributed by atoms with Crippen molar-refractivity contribution in [2.24, 2.45) is 0 Å². The van der Waals surface area contributed by atoms with Gasteiger partial charge in [-0.1, -0.05) is 6.58 Å². The van der Waals surface area contributed by atoms with Crippen LogP contribution < -0.4 is 0 Å². The lowest BCUT2D eigenvalue weighted by Crippen LogP contribution is -2.11. The van der Waals surface area contributed by atoms with E-state index in [0.717, 1.165) is 0 Å². The highest BCUT2D eigenvalue weighted by atomic mass is 19.1. The Labute approximate surface area is 99.5 Å². The van der Waals surface area contributed by atoms with Gasteiger partial charge in [-0.2, -0.15) is 5.26 Å². The molecule has 0 radical (unpaired) electrons. The minimum Gasteiger partial charge on any atom is -0.494 e. The molecule has 1 fully saturated rings. The Bertz CT molecular complexity index is 501. The van der Waals surface area contributed by atoms with Gasteiger partial charge in [0.2, 0.25) is 0 Å². The average Bonchev–Trinajstić information content (AvgIpc) is 3.10. The molecule has 0 spiro atoms. The summed E-state index contributed by atoms with van der Waals surface area (Å²) in [5.41, 5.74) is -0.219. The lowest BCUT2D eigenvalue weighted by molar-refractivity contribution is 0.297. The summed E-state index contributed by atoms with van der Waals surface area (Å²) in [5.74, 6) is -0.201. The smallest absolute Gasteiger partial charge is 0.157 e. The zero-order valence-electron chi connectivity index (χ0n) is 9.66. The van der Waals surface area contributed by atoms with E-state index >= 15 is 0 Å². The summed E-state index contributed by atoms with van der Waals surface area (Å²) in [7, 11) is 0. The molecule has 4 heteroatoms. The predicted octanol–water partition coefficient (Wildman–Crippen LogP) is 2.78. The van der Waals surface area contributed by atoms with Gasteiger partial charge in [-0.3, -0.25) is 4.98 Å². The van der Waals surface area contributed by atoms with Crippen molar-refractivity contribution < 1.29 is 9.13 Å². The fraction of sp³-hybridized carbons (Fsp3) is 0.385. The molecule has 17 heavy (non-hydrogen) atoms. The Kier molecular flexibility index (Phi) is 2.84. The van der Waals surface area contributed by atoms with E-state index in [0.29, 0.717) is 25.0 Å². The van der Waals surface area contributed by atoms with Gasteiger partial charge in [-0.15, -0.1) is 0 Å². The Hall–Kier alpha value is -1.89. The second-order valence-corrected chi connectivity index (χ2v) is 4.07. The molecule has 1 saturated carbocycles. The maximum atomic E-state index is 14.2. The second-order valence-electron chi connectivity index (χ2n) is 4.07. The molecule has 1 aromatic rings. The number of pyridine rings is 1. The molecular weight excluding hydrogens is 219 g/mol. The SMILES string of the molecule is C=C(OCC)c1ccnc(C2(C#N)CC2)c1F. The van der Waals surface area contributed by atoms with Crippen LogP contribution in [0.2, 0.25) is 0 Å². The molecule has 1 heterocycles. The fourth-order valence-electron chi connectivity index (χ4n) is 1.77. The summed E-state index contributed by atoms with van der Waals surface area (Å²) in [6, 6.07) is 3.65. The van der Waals surface area contributed by atoms with Gasteiger partial charge >= 0.3 is 0 Å². The average molecular weight is 232 g/mol. The minimum atomic E-state index is -0.730. The van der Waals surface area contributed by atoms with Gasteiger partial charge in [0.05, 0.1) is 23.9 Å². The van der Waals surface area contributed by atoms with E-state index < -0.39 is 11.2 Å². The lowest BCUT2D eigenvalue weighted by Gasteiger charge is -2.12. The monoisotopic (exact) mass is 232 g/mol. The number of hydrogen-bond donors (Lipinski definition) is 0. The maximum absolute atomic E-state index is 14.2. The van der Waals surface area contributed by atoms with Crippen molar-refractivity contribution in [3.8, 4) is 6.07 Å². The highest BCUT2D eigenvalue weighted by Gasteiger charge is 2.48. The van der Waals surface area contributed by atoms with E-state index in [2.05, 4.69) is 17.6 Å². The third-order valence-corrected chi connectivity index (χ3v) is 2.93. The molecule has 0 unspecified atom stereocenters. The molecule has 2 rings (SSSR count). The maximum Gasteiger partial charge on any atom is 0.157 e. The molecule has 0 N–H and O–H groups in total. The van der Waals surface area contributed by atoms with Crippen LogP contribution in [0.4, 0.5) is 4.39 Å². The predicted molar refractivity (Wildman–Crippen MR) is 61.4 cm³/mol. The van der Waals surface area contributed by atoms with E-state index in [1.807, 2.05) is 6.92 Å². The summed E-state index contributed by atoms with van der Waals surface area (Å²) in [5, 5.41) is 9.06. The number of nitrogens with zero attached hydrogens (tertiary/aromatic N) is 2. The van der Waals surface area contributed by atoms with Gasteiger partial charge in [0.15, 0.2) is 5.82 Å². The number of nitriles is 1. The van der Waals surface area contributed by atoms with Crippen LogP contribution in [-0.2, 0) is 10.2 Å². The third kappa shape index (κ3) is 1.89. The number of ether oxygens (including phenoxy) is 1. The zero-order chi connectivity index (χ0) is 12.5. The molecule has 0 aromatic carbocycles.